The lowest BCUT2D eigenvalue weighted by Gasteiger charge is -2.23. The second-order valence-corrected chi connectivity index (χ2v) is 5.92. The van der Waals surface area contributed by atoms with E-state index in [0.29, 0.717) is 5.92 Å². The molecule has 0 aromatic carbocycles. The Kier molecular flexibility index (Phi) is 10.1. The molecule has 0 heterocycles. The second kappa shape index (κ2) is 10.4. The van der Waals surface area contributed by atoms with Crippen molar-refractivity contribution >= 4 is 0 Å². The molecule has 0 fully saturated rings. The minimum atomic E-state index is 0.711. The highest BCUT2D eigenvalue weighted by Crippen LogP contribution is 2.26. The minimum absolute atomic E-state index is 0.711. The van der Waals surface area contributed by atoms with Crippen LogP contribution in [0.5, 0.6) is 0 Å². The van der Waals surface area contributed by atoms with Gasteiger partial charge in [0.2, 0.25) is 0 Å². The van der Waals surface area contributed by atoms with Gasteiger partial charge in [-0.3, -0.25) is 0 Å². The summed E-state index contributed by atoms with van der Waals surface area (Å²) in [5.74, 6) is 3.29. The van der Waals surface area contributed by atoms with Crippen molar-refractivity contribution in [1.29, 1.82) is 0 Å². The average molecular weight is 250 g/mol. The molecule has 1 rings (SSSR count). The molecule has 0 spiro atoms. The normalized spacial score (nSPS) is 18.4. The molecule has 18 heavy (non-hydrogen) atoms. The van der Waals surface area contributed by atoms with E-state index in [1.807, 2.05) is 13.8 Å². The average Bonchev–Trinajstić information content (AvgIpc) is 2.38. The first-order chi connectivity index (χ1) is 8.59. The van der Waals surface area contributed by atoms with E-state index < -0.39 is 0 Å². The Bertz CT molecular complexity index is 222. The van der Waals surface area contributed by atoms with Crippen LogP contribution < -0.4 is 0 Å². The van der Waals surface area contributed by atoms with E-state index in [9.17, 15) is 0 Å². The van der Waals surface area contributed by atoms with Gasteiger partial charge in [-0.25, -0.2) is 0 Å². The fraction of sp³-hybridized carbons (Fsp3) is 0.778. The van der Waals surface area contributed by atoms with Crippen LogP contribution in [-0.2, 0) is 0 Å². The monoisotopic (exact) mass is 250 g/mol. The van der Waals surface area contributed by atoms with Gasteiger partial charge < -0.3 is 0 Å². The first-order valence-electron chi connectivity index (χ1n) is 7.93. The van der Waals surface area contributed by atoms with Gasteiger partial charge >= 0.3 is 0 Å². The van der Waals surface area contributed by atoms with Crippen LogP contribution in [0.15, 0.2) is 24.3 Å². The molecule has 1 aliphatic carbocycles. The summed E-state index contributed by atoms with van der Waals surface area (Å²) >= 11 is 0. The third-order valence-electron chi connectivity index (χ3n) is 3.81. The molecule has 0 amide bonds. The summed E-state index contributed by atoms with van der Waals surface area (Å²) in [6.07, 6.45) is 14.6. The summed E-state index contributed by atoms with van der Waals surface area (Å²) in [7, 11) is 0. The topological polar surface area (TPSA) is 0 Å². The maximum atomic E-state index is 2.42. The standard InChI is InChI=1S/C16H28.C2H6/c1-13(2)12-15(4)14(3)10-11-16-8-6-5-7-9-16;1-2/h6-9,13-16H,5,10-12H2,1-4H3;1-2H3. The molecule has 2 unspecified atom stereocenters. The molecule has 106 valence electrons. The van der Waals surface area contributed by atoms with Crippen molar-refractivity contribution < 1.29 is 0 Å². The van der Waals surface area contributed by atoms with Crippen molar-refractivity contribution in [3.8, 4) is 0 Å². The third kappa shape index (κ3) is 7.74. The SMILES string of the molecule is CC.CC(C)CC(C)C(C)CCC1C=CCC=C1. The van der Waals surface area contributed by atoms with Gasteiger partial charge in [-0.05, 0) is 49.4 Å². The smallest absolute Gasteiger partial charge is 0.00532 e. The molecule has 0 heteroatoms. The van der Waals surface area contributed by atoms with E-state index in [2.05, 4.69) is 52.0 Å². The zero-order chi connectivity index (χ0) is 14.0. The van der Waals surface area contributed by atoms with Crippen LogP contribution in [-0.4, -0.2) is 0 Å². The molecule has 0 aromatic heterocycles. The van der Waals surface area contributed by atoms with Crippen LogP contribution in [0.4, 0.5) is 0 Å². The van der Waals surface area contributed by atoms with E-state index in [1.165, 1.54) is 19.3 Å². The molecule has 0 aromatic rings. The highest BCUT2D eigenvalue weighted by atomic mass is 14.2. The molecule has 0 nitrogen and oxygen atoms in total. The van der Waals surface area contributed by atoms with Gasteiger partial charge in [0, 0.05) is 0 Å². The number of hydrogen-bond donors (Lipinski definition) is 0. The summed E-state index contributed by atoms with van der Waals surface area (Å²) in [5, 5.41) is 0. The zero-order valence-electron chi connectivity index (χ0n) is 13.4. The van der Waals surface area contributed by atoms with Gasteiger partial charge in [0.1, 0.15) is 0 Å². The van der Waals surface area contributed by atoms with Crippen molar-refractivity contribution in [1.82, 2.24) is 0 Å². The quantitative estimate of drug-likeness (QED) is 0.489. The van der Waals surface area contributed by atoms with Gasteiger partial charge in [-0.2, -0.15) is 0 Å². The predicted molar refractivity (Wildman–Crippen MR) is 84.8 cm³/mol. The van der Waals surface area contributed by atoms with Crippen LogP contribution in [0.3, 0.4) is 0 Å². The second-order valence-electron chi connectivity index (χ2n) is 5.92. The van der Waals surface area contributed by atoms with Gasteiger partial charge in [-0.15, -0.1) is 0 Å². The van der Waals surface area contributed by atoms with Crippen molar-refractivity contribution in [3.05, 3.63) is 24.3 Å². The van der Waals surface area contributed by atoms with Crippen LogP contribution in [0, 0.1) is 23.7 Å². The summed E-state index contributed by atoms with van der Waals surface area (Å²) in [6, 6.07) is 0. The molecule has 2 atom stereocenters. The van der Waals surface area contributed by atoms with Gasteiger partial charge in [0.05, 0.1) is 0 Å². The molecule has 0 bridgehead atoms. The van der Waals surface area contributed by atoms with Crippen LogP contribution in [0.2, 0.25) is 0 Å². The molecular formula is C18H34. The van der Waals surface area contributed by atoms with E-state index in [1.54, 1.807) is 0 Å². The molecule has 1 aliphatic rings. The number of allylic oxidation sites excluding steroid dienone is 4. The number of hydrogen-bond acceptors (Lipinski definition) is 0. The summed E-state index contributed by atoms with van der Waals surface area (Å²) in [6.45, 7) is 13.5. The third-order valence-corrected chi connectivity index (χ3v) is 3.81. The maximum absolute atomic E-state index is 2.42. The maximum Gasteiger partial charge on any atom is -0.00532 e. The minimum Gasteiger partial charge on any atom is -0.0842 e. The van der Waals surface area contributed by atoms with Crippen LogP contribution in [0.25, 0.3) is 0 Å². The van der Waals surface area contributed by atoms with Gasteiger partial charge in [0.25, 0.3) is 0 Å². The lowest BCUT2D eigenvalue weighted by Crippen LogP contribution is -2.12. The molecule has 0 N–H and O–H groups in total. The first-order valence-corrected chi connectivity index (χ1v) is 7.93. The summed E-state index contributed by atoms with van der Waals surface area (Å²) < 4.78 is 0. The summed E-state index contributed by atoms with van der Waals surface area (Å²) in [4.78, 5) is 0. The Labute approximate surface area is 116 Å². The van der Waals surface area contributed by atoms with E-state index >= 15 is 0 Å². The highest BCUT2D eigenvalue weighted by Gasteiger charge is 2.15. The van der Waals surface area contributed by atoms with E-state index in [4.69, 9.17) is 0 Å². The molecular weight excluding hydrogens is 216 g/mol. The largest absolute Gasteiger partial charge is 0.0842 e. The Morgan fingerprint density at radius 3 is 2.00 bits per heavy atom. The fourth-order valence-corrected chi connectivity index (χ4v) is 2.56. The van der Waals surface area contributed by atoms with Crippen LogP contribution in [0.1, 0.15) is 67.2 Å². The van der Waals surface area contributed by atoms with Gasteiger partial charge in [0.15, 0.2) is 0 Å². The van der Waals surface area contributed by atoms with E-state index in [-0.39, 0.29) is 0 Å². The number of rotatable bonds is 6. The van der Waals surface area contributed by atoms with Crippen molar-refractivity contribution in [3.63, 3.8) is 0 Å². The lowest BCUT2D eigenvalue weighted by molar-refractivity contribution is 0.298. The first kappa shape index (κ1) is 17.5. The van der Waals surface area contributed by atoms with E-state index in [0.717, 1.165) is 24.2 Å². The Morgan fingerprint density at radius 1 is 0.944 bits per heavy atom. The van der Waals surface area contributed by atoms with Gasteiger partial charge in [-0.1, -0.05) is 65.8 Å². The van der Waals surface area contributed by atoms with Crippen LogP contribution >= 0.6 is 0 Å². The lowest BCUT2D eigenvalue weighted by atomic mass is 9.83. The predicted octanol–water partition coefficient (Wildman–Crippen LogP) is 6.24. The van der Waals surface area contributed by atoms with Crippen molar-refractivity contribution in [2.24, 2.45) is 23.7 Å². The Morgan fingerprint density at radius 2 is 1.50 bits per heavy atom. The zero-order valence-corrected chi connectivity index (χ0v) is 13.4. The Balaban J connectivity index is 0.00000137. The van der Waals surface area contributed by atoms with Crippen molar-refractivity contribution in [2.45, 2.75) is 67.2 Å². The molecule has 0 saturated carbocycles. The Hall–Kier alpha value is -0.520. The fourth-order valence-electron chi connectivity index (χ4n) is 2.56. The molecule has 0 radical (unpaired) electrons. The molecule has 0 aliphatic heterocycles. The molecule has 0 saturated heterocycles. The summed E-state index contributed by atoms with van der Waals surface area (Å²) in [5.41, 5.74) is 0. The highest BCUT2D eigenvalue weighted by molar-refractivity contribution is 5.08. The van der Waals surface area contributed by atoms with Crippen molar-refractivity contribution in [2.75, 3.05) is 0 Å².